The van der Waals surface area contributed by atoms with Crippen molar-refractivity contribution in [1.82, 2.24) is 4.72 Å². The smallest absolute Gasteiger partial charge is 0.274 e. The van der Waals surface area contributed by atoms with Crippen molar-refractivity contribution < 1.29 is 17.6 Å². The van der Waals surface area contributed by atoms with Gasteiger partial charge in [-0.15, -0.1) is 0 Å². The number of nitrogens with zero attached hydrogens (tertiary/aromatic N) is 1. The molecule has 0 spiro atoms. The fourth-order valence-electron chi connectivity index (χ4n) is 1.39. The van der Waals surface area contributed by atoms with Crippen LogP contribution in [0.25, 0.3) is 0 Å². The SMILES string of the molecule is CCC(=O)NS(=O)(=O)N(CC)c1ccccc1F. The molecule has 0 bridgehead atoms. The molecule has 0 aliphatic heterocycles. The van der Waals surface area contributed by atoms with Gasteiger partial charge in [0.15, 0.2) is 0 Å². The molecule has 1 amide bonds. The molecule has 7 heteroatoms. The van der Waals surface area contributed by atoms with Gasteiger partial charge in [-0.05, 0) is 19.1 Å². The van der Waals surface area contributed by atoms with Gasteiger partial charge in [-0.2, -0.15) is 8.42 Å². The lowest BCUT2D eigenvalue weighted by molar-refractivity contribution is -0.119. The molecule has 0 radical (unpaired) electrons. The molecule has 0 aliphatic rings. The summed E-state index contributed by atoms with van der Waals surface area (Å²) in [7, 11) is -4.07. The van der Waals surface area contributed by atoms with Crippen molar-refractivity contribution in [2.24, 2.45) is 0 Å². The number of hydrogen-bond acceptors (Lipinski definition) is 3. The summed E-state index contributed by atoms with van der Waals surface area (Å²) >= 11 is 0. The predicted octanol–water partition coefficient (Wildman–Crippen LogP) is 1.42. The molecule has 1 N–H and O–H groups in total. The summed E-state index contributed by atoms with van der Waals surface area (Å²) in [5.74, 6) is -1.29. The number of carbonyl (C=O) groups is 1. The van der Waals surface area contributed by atoms with Gasteiger partial charge in [-0.1, -0.05) is 19.1 Å². The van der Waals surface area contributed by atoms with Crippen molar-refractivity contribution in [3.8, 4) is 0 Å². The van der Waals surface area contributed by atoms with Crippen LogP contribution >= 0.6 is 0 Å². The zero-order chi connectivity index (χ0) is 13.8. The van der Waals surface area contributed by atoms with Crippen molar-refractivity contribution >= 4 is 21.8 Å². The maximum Gasteiger partial charge on any atom is 0.326 e. The summed E-state index contributed by atoms with van der Waals surface area (Å²) < 4.78 is 40.1. The lowest BCUT2D eigenvalue weighted by atomic mass is 10.3. The number of hydrogen-bond donors (Lipinski definition) is 1. The molecule has 100 valence electrons. The zero-order valence-corrected chi connectivity index (χ0v) is 11.0. The third kappa shape index (κ3) is 3.19. The Kier molecular flexibility index (Phi) is 4.66. The molecule has 0 unspecified atom stereocenters. The van der Waals surface area contributed by atoms with Crippen LogP contribution in [0.5, 0.6) is 0 Å². The van der Waals surface area contributed by atoms with Crippen LogP contribution in [0.1, 0.15) is 20.3 Å². The van der Waals surface area contributed by atoms with Gasteiger partial charge in [0.05, 0.1) is 5.69 Å². The lowest BCUT2D eigenvalue weighted by Gasteiger charge is -2.23. The van der Waals surface area contributed by atoms with Gasteiger partial charge in [-0.3, -0.25) is 9.10 Å². The van der Waals surface area contributed by atoms with E-state index in [2.05, 4.69) is 0 Å². The van der Waals surface area contributed by atoms with E-state index < -0.39 is 21.9 Å². The molecule has 1 aromatic rings. The summed E-state index contributed by atoms with van der Waals surface area (Å²) in [5.41, 5.74) is -0.0867. The fourth-order valence-corrected chi connectivity index (χ4v) is 2.68. The molecule has 0 atom stereocenters. The predicted molar refractivity (Wildman–Crippen MR) is 66.8 cm³/mol. The average molecular weight is 274 g/mol. The van der Waals surface area contributed by atoms with Gasteiger partial charge in [0.2, 0.25) is 5.91 Å². The van der Waals surface area contributed by atoms with E-state index in [0.717, 1.165) is 10.4 Å². The Balaban J connectivity index is 3.11. The first kappa shape index (κ1) is 14.4. The van der Waals surface area contributed by atoms with Gasteiger partial charge in [0.1, 0.15) is 5.82 Å². The van der Waals surface area contributed by atoms with Crippen LogP contribution in [0.3, 0.4) is 0 Å². The molecule has 0 aromatic heterocycles. The fraction of sp³-hybridized carbons (Fsp3) is 0.364. The van der Waals surface area contributed by atoms with Gasteiger partial charge in [0.25, 0.3) is 0 Å². The van der Waals surface area contributed by atoms with Crippen LogP contribution in [0.2, 0.25) is 0 Å². The molecule has 0 aliphatic carbocycles. The number of benzene rings is 1. The molecular weight excluding hydrogens is 259 g/mol. The van der Waals surface area contributed by atoms with E-state index in [9.17, 15) is 17.6 Å². The summed E-state index contributed by atoms with van der Waals surface area (Å²) in [6, 6.07) is 5.49. The Labute approximate surface area is 106 Å². The topological polar surface area (TPSA) is 66.5 Å². The van der Waals surface area contributed by atoms with E-state index in [0.29, 0.717) is 0 Å². The zero-order valence-electron chi connectivity index (χ0n) is 10.2. The molecular formula is C11H15FN2O3S. The maximum absolute atomic E-state index is 13.6. The highest BCUT2D eigenvalue weighted by Gasteiger charge is 2.24. The molecule has 0 heterocycles. The third-order valence-corrected chi connectivity index (χ3v) is 3.78. The summed E-state index contributed by atoms with van der Waals surface area (Å²) in [4.78, 5) is 11.2. The van der Waals surface area contributed by atoms with Gasteiger partial charge < -0.3 is 0 Å². The van der Waals surface area contributed by atoms with E-state index in [1.54, 1.807) is 6.92 Å². The number of carbonyl (C=O) groups excluding carboxylic acids is 1. The van der Waals surface area contributed by atoms with Crippen molar-refractivity contribution in [2.45, 2.75) is 20.3 Å². The molecule has 0 saturated carbocycles. The third-order valence-electron chi connectivity index (χ3n) is 2.26. The average Bonchev–Trinajstić information content (AvgIpc) is 2.31. The summed E-state index contributed by atoms with van der Waals surface area (Å²) in [6.45, 7) is 3.11. The quantitative estimate of drug-likeness (QED) is 0.883. The highest BCUT2D eigenvalue weighted by molar-refractivity contribution is 7.91. The van der Waals surface area contributed by atoms with Gasteiger partial charge >= 0.3 is 10.2 Å². The number of anilines is 1. The van der Waals surface area contributed by atoms with Gasteiger partial charge in [-0.25, -0.2) is 9.11 Å². The van der Waals surface area contributed by atoms with Crippen LogP contribution in [0.4, 0.5) is 10.1 Å². The summed E-state index contributed by atoms with van der Waals surface area (Å²) in [5, 5.41) is 0. The van der Waals surface area contributed by atoms with Crippen LogP contribution in [-0.4, -0.2) is 20.9 Å². The number of nitrogens with one attached hydrogen (secondary N) is 1. The first-order valence-electron chi connectivity index (χ1n) is 5.50. The molecule has 0 saturated heterocycles. The number of para-hydroxylation sites is 1. The lowest BCUT2D eigenvalue weighted by Crippen LogP contribution is -2.43. The Morgan fingerprint density at radius 3 is 2.44 bits per heavy atom. The Bertz CT molecular complexity index is 531. The Morgan fingerprint density at radius 1 is 1.33 bits per heavy atom. The molecule has 18 heavy (non-hydrogen) atoms. The molecule has 1 aromatic carbocycles. The first-order valence-corrected chi connectivity index (χ1v) is 6.94. The normalized spacial score (nSPS) is 11.1. The highest BCUT2D eigenvalue weighted by atomic mass is 32.2. The van der Waals surface area contributed by atoms with Gasteiger partial charge in [0, 0.05) is 13.0 Å². The van der Waals surface area contributed by atoms with E-state index in [1.807, 2.05) is 4.72 Å². The Morgan fingerprint density at radius 2 is 1.94 bits per heavy atom. The van der Waals surface area contributed by atoms with E-state index in [1.165, 1.54) is 25.1 Å². The highest BCUT2D eigenvalue weighted by Crippen LogP contribution is 2.20. The minimum absolute atomic E-state index is 0.0211. The minimum atomic E-state index is -4.07. The second-order valence-corrected chi connectivity index (χ2v) is 5.10. The van der Waals surface area contributed by atoms with E-state index >= 15 is 0 Å². The van der Waals surface area contributed by atoms with Crippen molar-refractivity contribution in [1.29, 1.82) is 0 Å². The Hall–Kier alpha value is -1.63. The monoisotopic (exact) mass is 274 g/mol. The number of amides is 1. The molecule has 5 nitrogen and oxygen atoms in total. The van der Waals surface area contributed by atoms with Crippen LogP contribution in [0.15, 0.2) is 24.3 Å². The number of rotatable bonds is 5. The van der Waals surface area contributed by atoms with E-state index in [-0.39, 0.29) is 18.7 Å². The second kappa shape index (κ2) is 5.81. The molecule has 1 rings (SSSR count). The standard InChI is InChI=1S/C11H15FN2O3S/c1-3-11(15)13-18(16,17)14(4-2)10-8-6-5-7-9(10)12/h5-8H,3-4H2,1-2H3,(H,13,15). The number of halogens is 1. The van der Waals surface area contributed by atoms with Crippen molar-refractivity contribution in [2.75, 3.05) is 10.8 Å². The summed E-state index contributed by atoms with van der Waals surface area (Å²) in [6.07, 6.45) is 0.0358. The molecule has 0 fully saturated rings. The van der Waals surface area contributed by atoms with Crippen molar-refractivity contribution in [3.63, 3.8) is 0 Å². The first-order chi connectivity index (χ1) is 8.42. The largest absolute Gasteiger partial charge is 0.326 e. The van der Waals surface area contributed by atoms with Crippen LogP contribution < -0.4 is 9.03 Å². The van der Waals surface area contributed by atoms with E-state index in [4.69, 9.17) is 0 Å². The second-order valence-electron chi connectivity index (χ2n) is 3.50. The van der Waals surface area contributed by atoms with Crippen molar-refractivity contribution in [3.05, 3.63) is 30.1 Å². The van der Waals surface area contributed by atoms with Crippen LogP contribution in [0, 0.1) is 5.82 Å². The van der Waals surface area contributed by atoms with Crippen LogP contribution in [-0.2, 0) is 15.0 Å². The minimum Gasteiger partial charge on any atom is -0.274 e. The maximum atomic E-state index is 13.6.